The second-order valence-corrected chi connectivity index (χ2v) is 16.7. The van der Waals surface area contributed by atoms with Crippen molar-refractivity contribution >= 4 is 36.8 Å². The van der Waals surface area contributed by atoms with Crippen molar-refractivity contribution in [3.05, 3.63) is 60.7 Å². The molecule has 0 aliphatic carbocycles. The lowest BCUT2D eigenvalue weighted by Crippen LogP contribution is -2.67. The van der Waals surface area contributed by atoms with Crippen molar-refractivity contribution in [3.63, 3.8) is 0 Å². The molecule has 0 radical (unpaired) electrons. The molecule has 3 rings (SSSR count). The van der Waals surface area contributed by atoms with Gasteiger partial charge < -0.3 is 29.4 Å². The molecule has 1 saturated heterocycles. The van der Waals surface area contributed by atoms with Gasteiger partial charge in [-0.1, -0.05) is 81.4 Å². The van der Waals surface area contributed by atoms with Crippen molar-refractivity contribution in [3.8, 4) is 0 Å². The number of urea groups is 1. The minimum absolute atomic E-state index is 0.0511. The van der Waals surface area contributed by atoms with Crippen LogP contribution in [0.2, 0.25) is 5.04 Å². The first-order valence-electron chi connectivity index (χ1n) is 14.1. The molecule has 1 aliphatic rings. The molecule has 1 atom stereocenters. The fraction of sp³-hybridized carbons (Fsp3) is 0.516. The molecule has 9 nitrogen and oxygen atoms in total. The molecule has 10 heteroatoms. The Kier molecular flexibility index (Phi) is 10.6. The van der Waals surface area contributed by atoms with Crippen molar-refractivity contribution in [2.24, 2.45) is 0 Å². The van der Waals surface area contributed by atoms with Crippen LogP contribution < -0.4 is 21.0 Å². The van der Waals surface area contributed by atoms with Crippen LogP contribution in [0.15, 0.2) is 60.7 Å². The van der Waals surface area contributed by atoms with Crippen molar-refractivity contribution in [1.82, 2.24) is 15.5 Å². The molecule has 0 saturated carbocycles. The first-order valence-corrected chi connectivity index (χ1v) is 16.1. The summed E-state index contributed by atoms with van der Waals surface area (Å²) in [5.74, 6) is -0.585. The molecule has 1 aliphatic heterocycles. The van der Waals surface area contributed by atoms with E-state index in [1.54, 1.807) is 4.90 Å². The van der Waals surface area contributed by atoms with Crippen molar-refractivity contribution in [1.29, 1.82) is 0 Å². The van der Waals surface area contributed by atoms with Crippen LogP contribution in [0.4, 0.5) is 9.59 Å². The topological polar surface area (TPSA) is 106 Å². The van der Waals surface area contributed by atoms with Gasteiger partial charge in [-0.25, -0.2) is 14.4 Å². The number of piperidine rings is 1. The van der Waals surface area contributed by atoms with Crippen LogP contribution in [-0.2, 0) is 18.7 Å². The molecule has 1 heterocycles. The first kappa shape index (κ1) is 32.1. The summed E-state index contributed by atoms with van der Waals surface area (Å²) in [6.45, 7) is 12.8. The summed E-state index contributed by atoms with van der Waals surface area (Å²) in [6.07, 6.45) is 0.800. The smallest absolute Gasteiger partial charge is 0.410 e. The van der Waals surface area contributed by atoms with Gasteiger partial charge in [0, 0.05) is 19.1 Å². The maximum absolute atomic E-state index is 13.0. The number of hydrogen-bond donors (Lipinski definition) is 2. The van der Waals surface area contributed by atoms with Gasteiger partial charge >= 0.3 is 18.1 Å². The zero-order valence-electron chi connectivity index (χ0n) is 25.4. The van der Waals surface area contributed by atoms with Gasteiger partial charge in [0.2, 0.25) is 0 Å². The monoisotopic (exact) mass is 583 g/mol. The molecule has 3 amide bonds. The lowest BCUT2D eigenvalue weighted by molar-refractivity contribution is -0.143. The van der Waals surface area contributed by atoms with Gasteiger partial charge in [-0.3, -0.25) is 0 Å². The van der Waals surface area contributed by atoms with Gasteiger partial charge in [-0.15, -0.1) is 0 Å². The largest absolute Gasteiger partial charge is 0.467 e. The number of carbonyl (C=O) groups is 3. The van der Waals surface area contributed by atoms with Crippen LogP contribution in [0.25, 0.3) is 0 Å². The molecule has 41 heavy (non-hydrogen) atoms. The van der Waals surface area contributed by atoms with E-state index in [1.165, 1.54) is 7.11 Å². The average Bonchev–Trinajstić information content (AvgIpc) is 2.92. The number of benzene rings is 2. The Labute approximate surface area is 245 Å². The average molecular weight is 584 g/mol. The molecule has 0 bridgehead atoms. The summed E-state index contributed by atoms with van der Waals surface area (Å²) in [7, 11) is -1.63. The van der Waals surface area contributed by atoms with Gasteiger partial charge in [-0.05, 0) is 49.0 Å². The summed E-state index contributed by atoms with van der Waals surface area (Å²) in [6, 6.07) is 18.6. The maximum atomic E-state index is 13.0. The molecule has 224 valence electrons. The Hall–Kier alpha value is -3.37. The lowest BCUT2D eigenvalue weighted by Gasteiger charge is -2.43. The number of nitrogens with zero attached hydrogens (tertiary/aromatic N) is 1. The van der Waals surface area contributed by atoms with E-state index in [-0.39, 0.29) is 23.8 Å². The predicted molar refractivity (Wildman–Crippen MR) is 162 cm³/mol. The number of likely N-dealkylation sites (tertiary alicyclic amines) is 1. The van der Waals surface area contributed by atoms with Gasteiger partial charge in [0.15, 0.2) is 6.04 Å². The van der Waals surface area contributed by atoms with Crippen molar-refractivity contribution in [2.75, 3.05) is 26.8 Å². The summed E-state index contributed by atoms with van der Waals surface area (Å²) in [5, 5.41) is 7.57. The molecule has 2 aromatic carbocycles. The molecule has 2 N–H and O–H groups in total. The highest BCUT2D eigenvalue weighted by molar-refractivity contribution is 6.99. The summed E-state index contributed by atoms with van der Waals surface area (Å²) in [4.78, 5) is 39.9. The highest BCUT2D eigenvalue weighted by atomic mass is 28.4. The van der Waals surface area contributed by atoms with E-state index in [4.69, 9.17) is 13.9 Å². The van der Waals surface area contributed by atoms with Crippen LogP contribution in [-0.4, -0.2) is 75.8 Å². The number of ether oxygens (including phenoxy) is 2. The Balaban J connectivity index is 1.72. The Morgan fingerprint density at radius 2 is 1.41 bits per heavy atom. The SMILES string of the molecule is COC(=O)[C@H](CO[Si](c1ccccc1)(c1ccccc1)C(C)(C)C)NC(=O)NC1CCN(C(=O)OC(C)(C)C)CC1. The Morgan fingerprint density at radius 1 is 0.902 bits per heavy atom. The number of nitrogens with one attached hydrogen (secondary N) is 2. The molecule has 1 fully saturated rings. The molecular formula is C31H45N3O6Si. The second-order valence-electron chi connectivity index (χ2n) is 12.4. The van der Waals surface area contributed by atoms with E-state index < -0.39 is 32.0 Å². The summed E-state index contributed by atoms with van der Waals surface area (Å²) < 4.78 is 17.4. The zero-order chi connectivity index (χ0) is 30.3. The second kappa shape index (κ2) is 13.5. The number of methoxy groups -OCH3 is 1. The van der Waals surface area contributed by atoms with E-state index in [2.05, 4.69) is 55.7 Å². The van der Waals surface area contributed by atoms with Crippen LogP contribution in [0.3, 0.4) is 0 Å². The highest BCUT2D eigenvalue weighted by Gasteiger charge is 2.50. The fourth-order valence-corrected chi connectivity index (χ4v) is 9.77. The normalized spacial score (nSPS) is 15.5. The predicted octanol–water partition coefficient (Wildman–Crippen LogP) is 3.80. The Bertz CT molecular complexity index is 1120. The third-order valence-electron chi connectivity index (χ3n) is 7.16. The molecular weight excluding hydrogens is 538 g/mol. The number of rotatable bonds is 8. The summed E-state index contributed by atoms with van der Waals surface area (Å²) in [5.41, 5.74) is -0.564. The van der Waals surface area contributed by atoms with Crippen LogP contribution >= 0.6 is 0 Å². The first-order chi connectivity index (χ1) is 19.3. The van der Waals surface area contributed by atoms with Crippen LogP contribution in [0, 0.1) is 0 Å². The van der Waals surface area contributed by atoms with Gasteiger partial charge in [0.25, 0.3) is 8.32 Å². The van der Waals surface area contributed by atoms with Crippen molar-refractivity contribution in [2.45, 2.75) is 77.1 Å². The quantitative estimate of drug-likeness (QED) is 0.362. The molecule has 0 spiro atoms. The molecule has 0 aromatic heterocycles. The number of amides is 3. The van der Waals surface area contributed by atoms with E-state index >= 15 is 0 Å². The van der Waals surface area contributed by atoms with E-state index in [0.29, 0.717) is 25.9 Å². The minimum Gasteiger partial charge on any atom is -0.467 e. The fourth-order valence-electron chi connectivity index (χ4n) is 5.20. The molecule has 2 aromatic rings. The minimum atomic E-state index is -2.93. The van der Waals surface area contributed by atoms with Gasteiger partial charge in [0.05, 0.1) is 13.7 Å². The number of carbonyl (C=O) groups excluding carboxylic acids is 3. The molecule has 0 unspecified atom stereocenters. The highest BCUT2D eigenvalue weighted by Crippen LogP contribution is 2.36. The zero-order valence-corrected chi connectivity index (χ0v) is 26.4. The maximum Gasteiger partial charge on any atom is 0.410 e. The third kappa shape index (κ3) is 8.33. The number of esters is 1. The van der Waals surface area contributed by atoms with E-state index in [9.17, 15) is 14.4 Å². The van der Waals surface area contributed by atoms with Gasteiger partial charge in [0.1, 0.15) is 5.60 Å². The van der Waals surface area contributed by atoms with E-state index in [1.807, 2.05) is 57.2 Å². The lowest BCUT2D eigenvalue weighted by atomic mass is 10.1. The van der Waals surface area contributed by atoms with Crippen molar-refractivity contribution < 1.29 is 28.3 Å². The van der Waals surface area contributed by atoms with Crippen LogP contribution in [0.1, 0.15) is 54.4 Å². The number of hydrogen-bond acceptors (Lipinski definition) is 6. The van der Waals surface area contributed by atoms with Crippen LogP contribution in [0.5, 0.6) is 0 Å². The van der Waals surface area contributed by atoms with E-state index in [0.717, 1.165) is 10.4 Å². The third-order valence-corrected chi connectivity index (χ3v) is 12.2. The standard InChI is InChI=1S/C31H45N3O6Si/c1-30(2,3)40-29(37)34-20-18-23(19-21-34)32-28(36)33-26(27(35)38-7)22-39-41(31(4,5)6,24-14-10-8-11-15-24)25-16-12-9-13-17-25/h8-17,23,26H,18-22H2,1-7H3,(H2,32,33,36)/t26-/m0/s1. The summed E-state index contributed by atoms with van der Waals surface area (Å²) >= 11 is 0. The Morgan fingerprint density at radius 3 is 1.85 bits per heavy atom. The van der Waals surface area contributed by atoms with Gasteiger partial charge in [-0.2, -0.15) is 0 Å².